The van der Waals surface area contributed by atoms with Gasteiger partial charge in [-0.05, 0) is 51.5 Å². The molecule has 2 saturated heterocycles. The van der Waals surface area contributed by atoms with Crippen LogP contribution < -0.4 is 11.1 Å². The van der Waals surface area contributed by atoms with Crippen LogP contribution in [-0.2, 0) is 4.74 Å². The van der Waals surface area contributed by atoms with Crippen LogP contribution >= 0.6 is 24.0 Å². The van der Waals surface area contributed by atoms with Gasteiger partial charge in [0.15, 0.2) is 5.96 Å². The van der Waals surface area contributed by atoms with Gasteiger partial charge < -0.3 is 25.6 Å². The Morgan fingerprint density at radius 2 is 1.92 bits per heavy atom. The van der Waals surface area contributed by atoms with Crippen LogP contribution in [0.25, 0.3) is 0 Å². The quantitative estimate of drug-likeness (QED) is 0.366. The molecule has 3 aliphatic rings. The normalized spacial score (nSPS) is 25.6. The molecule has 1 amide bonds. The first-order chi connectivity index (χ1) is 11.7. The molecule has 2 aliphatic heterocycles. The van der Waals surface area contributed by atoms with Gasteiger partial charge in [0.1, 0.15) is 0 Å². The average Bonchev–Trinajstić information content (AvgIpc) is 3.32. The van der Waals surface area contributed by atoms with E-state index in [9.17, 15) is 4.79 Å². The molecule has 0 radical (unpaired) electrons. The number of halogens is 1. The minimum atomic E-state index is -0.209. The third-order valence-corrected chi connectivity index (χ3v) is 5.27. The minimum absolute atomic E-state index is 0. The Kier molecular flexibility index (Phi) is 8.05. The highest BCUT2D eigenvalue weighted by molar-refractivity contribution is 14.0. The number of ether oxygens (including phenoxy) is 1. The van der Waals surface area contributed by atoms with E-state index in [-0.39, 0.29) is 30.1 Å². The Bertz CT molecular complexity index is 464. The fourth-order valence-corrected chi connectivity index (χ4v) is 3.69. The molecular formula is C17H32IN5O2. The number of likely N-dealkylation sites (tertiary alicyclic amines) is 2. The summed E-state index contributed by atoms with van der Waals surface area (Å²) in [4.78, 5) is 20.6. The molecule has 7 nitrogen and oxygen atoms in total. The van der Waals surface area contributed by atoms with Crippen LogP contribution in [0.3, 0.4) is 0 Å². The molecule has 144 valence electrons. The monoisotopic (exact) mass is 465 g/mol. The van der Waals surface area contributed by atoms with Gasteiger partial charge in [0.2, 0.25) is 0 Å². The topological polar surface area (TPSA) is 83.2 Å². The molecule has 3 fully saturated rings. The lowest BCUT2D eigenvalue weighted by atomic mass is 10.1. The summed E-state index contributed by atoms with van der Waals surface area (Å²) in [7, 11) is 0. The number of hydrogen-bond acceptors (Lipinski definition) is 4. The van der Waals surface area contributed by atoms with Crippen molar-refractivity contribution in [1.29, 1.82) is 0 Å². The predicted octanol–water partition coefficient (Wildman–Crippen LogP) is 1.61. The molecule has 0 aromatic heterocycles. The van der Waals surface area contributed by atoms with Crippen molar-refractivity contribution in [3.8, 4) is 0 Å². The molecule has 25 heavy (non-hydrogen) atoms. The van der Waals surface area contributed by atoms with E-state index in [1.165, 1.54) is 32.4 Å². The lowest BCUT2D eigenvalue weighted by molar-refractivity contribution is 0.0963. The minimum Gasteiger partial charge on any atom is -0.450 e. The third-order valence-electron chi connectivity index (χ3n) is 5.27. The molecule has 0 aromatic carbocycles. The maximum atomic E-state index is 11.7. The number of amides is 1. The van der Waals surface area contributed by atoms with Gasteiger partial charge in [-0.2, -0.15) is 0 Å². The summed E-state index contributed by atoms with van der Waals surface area (Å²) in [6.45, 7) is 6.91. The first kappa shape index (κ1) is 20.5. The highest BCUT2D eigenvalue weighted by atomic mass is 127. The van der Waals surface area contributed by atoms with E-state index in [0.717, 1.165) is 25.4 Å². The fraction of sp³-hybridized carbons (Fsp3) is 0.882. The molecule has 1 unspecified atom stereocenters. The van der Waals surface area contributed by atoms with Crippen molar-refractivity contribution in [2.75, 3.05) is 39.3 Å². The van der Waals surface area contributed by atoms with Gasteiger partial charge in [0.05, 0.1) is 6.61 Å². The Morgan fingerprint density at radius 1 is 1.20 bits per heavy atom. The highest BCUT2D eigenvalue weighted by Crippen LogP contribution is 2.31. The van der Waals surface area contributed by atoms with Crippen LogP contribution in [0.4, 0.5) is 4.79 Å². The first-order valence-corrected chi connectivity index (χ1v) is 9.38. The summed E-state index contributed by atoms with van der Waals surface area (Å²) in [5, 5.41) is 3.32. The van der Waals surface area contributed by atoms with Gasteiger partial charge in [-0.3, -0.25) is 4.99 Å². The van der Waals surface area contributed by atoms with Crippen molar-refractivity contribution in [1.82, 2.24) is 15.1 Å². The van der Waals surface area contributed by atoms with Gasteiger partial charge in [0, 0.05) is 38.3 Å². The molecule has 0 bridgehead atoms. The first-order valence-electron chi connectivity index (χ1n) is 9.38. The van der Waals surface area contributed by atoms with E-state index >= 15 is 0 Å². The molecule has 3 rings (SSSR count). The molecule has 3 N–H and O–H groups in total. The summed E-state index contributed by atoms with van der Waals surface area (Å²) in [5.41, 5.74) is 6.05. The van der Waals surface area contributed by atoms with Crippen molar-refractivity contribution < 1.29 is 9.53 Å². The van der Waals surface area contributed by atoms with Crippen molar-refractivity contribution in [2.24, 2.45) is 16.6 Å². The van der Waals surface area contributed by atoms with Gasteiger partial charge in [-0.15, -0.1) is 24.0 Å². The molecule has 1 aliphatic carbocycles. The summed E-state index contributed by atoms with van der Waals surface area (Å²) in [5.74, 6) is 1.20. The number of guanidine groups is 1. The molecule has 1 atom stereocenters. The standard InChI is InChI=1S/C17H31N5O2.HI/c1-2-24-17(23)21-9-6-14(7-10-21)20-16(18)19-11-13-5-8-22(12-13)15-3-4-15;/h13-15H,2-12H2,1H3,(H3,18,19,20);1H. The van der Waals surface area contributed by atoms with Gasteiger partial charge in [-0.1, -0.05) is 0 Å². The smallest absolute Gasteiger partial charge is 0.409 e. The van der Waals surface area contributed by atoms with Crippen molar-refractivity contribution in [2.45, 2.75) is 51.1 Å². The van der Waals surface area contributed by atoms with Crippen LogP contribution in [0.2, 0.25) is 0 Å². The summed E-state index contributed by atoms with van der Waals surface area (Å²) in [6, 6.07) is 1.16. The molecule has 0 spiro atoms. The molecule has 1 saturated carbocycles. The second-order valence-electron chi connectivity index (χ2n) is 7.21. The Morgan fingerprint density at radius 3 is 2.56 bits per heavy atom. The number of rotatable bonds is 5. The number of aliphatic imine (C=N–C) groups is 1. The number of nitrogens with zero attached hydrogens (tertiary/aromatic N) is 3. The Hall–Kier alpha value is -0.770. The number of nitrogens with one attached hydrogen (secondary N) is 1. The van der Waals surface area contributed by atoms with Crippen LogP contribution in [-0.4, -0.2) is 73.3 Å². The van der Waals surface area contributed by atoms with Gasteiger partial charge in [0.25, 0.3) is 0 Å². The molecule has 0 aromatic rings. The van der Waals surface area contributed by atoms with E-state index in [1.54, 1.807) is 4.90 Å². The number of carbonyl (C=O) groups is 1. The number of piperidine rings is 1. The highest BCUT2D eigenvalue weighted by Gasteiger charge is 2.34. The number of hydrogen-bond donors (Lipinski definition) is 2. The van der Waals surface area contributed by atoms with E-state index in [0.29, 0.717) is 37.6 Å². The van der Waals surface area contributed by atoms with E-state index < -0.39 is 0 Å². The summed E-state index contributed by atoms with van der Waals surface area (Å²) < 4.78 is 5.04. The van der Waals surface area contributed by atoms with Crippen LogP contribution in [0.5, 0.6) is 0 Å². The second kappa shape index (κ2) is 9.80. The maximum absolute atomic E-state index is 11.7. The molecule has 2 heterocycles. The van der Waals surface area contributed by atoms with Crippen molar-refractivity contribution >= 4 is 36.0 Å². The lowest BCUT2D eigenvalue weighted by Crippen LogP contribution is -2.48. The zero-order valence-corrected chi connectivity index (χ0v) is 17.5. The maximum Gasteiger partial charge on any atom is 0.409 e. The van der Waals surface area contributed by atoms with Crippen molar-refractivity contribution in [3.63, 3.8) is 0 Å². The summed E-state index contributed by atoms with van der Waals surface area (Å²) in [6.07, 6.45) is 5.56. The van der Waals surface area contributed by atoms with Crippen LogP contribution in [0, 0.1) is 5.92 Å². The zero-order valence-electron chi connectivity index (χ0n) is 15.2. The number of carbonyl (C=O) groups excluding carboxylic acids is 1. The Balaban J connectivity index is 0.00000225. The largest absolute Gasteiger partial charge is 0.450 e. The van der Waals surface area contributed by atoms with E-state index in [4.69, 9.17) is 10.5 Å². The SMILES string of the molecule is CCOC(=O)N1CCC(NC(N)=NCC2CCN(C3CC3)C2)CC1.I. The fourth-order valence-electron chi connectivity index (χ4n) is 3.69. The zero-order chi connectivity index (χ0) is 16.9. The van der Waals surface area contributed by atoms with Crippen molar-refractivity contribution in [3.05, 3.63) is 0 Å². The van der Waals surface area contributed by atoms with E-state index in [2.05, 4.69) is 15.2 Å². The van der Waals surface area contributed by atoms with E-state index in [1.807, 2.05) is 6.92 Å². The average molecular weight is 465 g/mol. The molecular weight excluding hydrogens is 433 g/mol. The van der Waals surface area contributed by atoms with Gasteiger partial charge in [-0.25, -0.2) is 4.79 Å². The Labute approximate surface area is 167 Å². The van der Waals surface area contributed by atoms with Crippen LogP contribution in [0.1, 0.15) is 39.0 Å². The van der Waals surface area contributed by atoms with Crippen LogP contribution in [0.15, 0.2) is 4.99 Å². The second-order valence-corrected chi connectivity index (χ2v) is 7.21. The molecule has 8 heteroatoms. The van der Waals surface area contributed by atoms with Gasteiger partial charge >= 0.3 is 6.09 Å². The predicted molar refractivity (Wildman–Crippen MR) is 109 cm³/mol. The number of nitrogens with two attached hydrogens (primary N) is 1. The lowest BCUT2D eigenvalue weighted by Gasteiger charge is -2.31. The third kappa shape index (κ3) is 6.16. The summed E-state index contributed by atoms with van der Waals surface area (Å²) >= 11 is 0.